The molecular weight excluding hydrogens is 494 g/mol. The normalized spacial score (nSPS) is 17.2. The number of carbonyl (C=O) groups is 1. The van der Waals surface area contributed by atoms with E-state index in [1.807, 2.05) is 25.1 Å². The van der Waals surface area contributed by atoms with Crippen molar-refractivity contribution in [1.82, 2.24) is 10.6 Å². The highest BCUT2D eigenvalue weighted by atomic mass is 79.9. The van der Waals surface area contributed by atoms with Gasteiger partial charge in [-0.25, -0.2) is 8.78 Å². The largest absolute Gasteiger partial charge is 0.352 e. The SMILES string of the molecule is CC(C(=O)NCc1cc(Br)cc(Br)c1)C1(c2ccc(F)c(F)c2)CCNCC1. The Hall–Kier alpha value is -1.31. The predicted octanol–water partition coefficient (Wildman–Crippen LogP) is 5.06. The third-order valence-electron chi connectivity index (χ3n) is 5.60. The van der Waals surface area contributed by atoms with E-state index in [-0.39, 0.29) is 11.8 Å². The number of rotatable bonds is 5. The van der Waals surface area contributed by atoms with Crippen molar-refractivity contribution in [3.8, 4) is 0 Å². The summed E-state index contributed by atoms with van der Waals surface area (Å²) in [4.78, 5) is 13.0. The van der Waals surface area contributed by atoms with E-state index < -0.39 is 17.0 Å². The standard InChI is InChI=1S/C21H22Br2F2N2O/c1-13(20(28)27-12-14-8-16(22)11-17(23)9-14)21(4-6-26-7-5-21)15-2-3-18(24)19(25)10-15/h2-3,8-11,13,26H,4-7,12H2,1H3,(H,27,28). The summed E-state index contributed by atoms with van der Waals surface area (Å²) >= 11 is 6.89. The second-order valence-corrected chi connectivity index (χ2v) is 9.08. The zero-order chi connectivity index (χ0) is 20.3. The van der Waals surface area contributed by atoms with Crippen LogP contribution >= 0.6 is 31.9 Å². The summed E-state index contributed by atoms with van der Waals surface area (Å²) in [5, 5.41) is 6.29. The Morgan fingerprint density at radius 3 is 2.36 bits per heavy atom. The number of benzene rings is 2. The van der Waals surface area contributed by atoms with E-state index in [0.717, 1.165) is 33.7 Å². The molecule has 3 rings (SSSR count). The molecule has 0 bridgehead atoms. The molecular formula is C21H22Br2F2N2O. The number of carbonyl (C=O) groups excluding carboxylic acids is 1. The van der Waals surface area contributed by atoms with Crippen LogP contribution in [-0.4, -0.2) is 19.0 Å². The van der Waals surface area contributed by atoms with Crippen LogP contribution in [-0.2, 0) is 16.8 Å². The number of amides is 1. The Labute approximate surface area is 180 Å². The molecule has 0 aromatic heterocycles. The van der Waals surface area contributed by atoms with Gasteiger partial charge in [0.2, 0.25) is 5.91 Å². The maximum atomic E-state index is 13.9. The second kappa shape index (κ2) is 9.01. The molecule has 1 heterocycles. The average Bonchev–Trinajstić information content (AvgIpc) is 2.67. The molecule has 2 aromatic carbocycles. The number of nitrogens with one attached hydrogen (secondary N) is 2. The van der Waals surface area contributed by atoms with E-state index in [1.165, 1.54) is 6.07 Å². The Morgan fingerprint density at radius 2 is 1.75 bits per heavy atom. The van der Waals surface area contributed by atoms with Crippen LogP contribution in [0.4, 0.5) is 8.78 Å². The van der Waals surface area contributed by atoms with Crippen molar-refractivity contribution in [2.45, 2.75) is 31.7 Å². The van der Waals surface area contributed by atoms with E-state index in [9.17, 15) is 13.6 Å². The number of hydrogen-bond donors (Lipinski definition) is 2. The van der Waals surface area contributed by atoms with Crippen LogP contribution in [0.3, 0.4) is 0 Å². The van der Waals surface area contributed by atoms with E-state index in [1.54, 1.807) is 6.07 Å². The van der Waals surface area contributed by atoms with Crippen LogP contribution in [0, 0.1) is 17.6 Å². The van der Waals surface area contributed by atoms with E-state index in [4.69, 9.17) is 0 Å². The molecule has 150 valence electrons. The molecule has 28 heavy (non-hydrogen) atoms. The number of piperidine rings is 1. The van der Waals surface area contributed by atoms with Gasteiger partial charge in [-0.2, -0.15) is 0 Å². The lowest BCUT2D eigenvalue weighted by Gasteiger charge is -2.42. The first-order chi connectivity index (χ1) is 13.3. The predicted molar refractivity (Wildman–Crippen MR) is 113 cm³/mol. The Kier molecular flexibility index (Phi) is 6.89. The van der Waals surface area contributed by atoms with Crippen molar-refractivity contribution in [1.29, 1.82) is 0 Å². The van der Waals surface area contributed by atoms with Gasteiger partial charge in [-0.1, -0.05) is 44.8 Å². The topological polar surface area (TPSA) is 41.1 Å². The summed E-state index contributed by atoms with van der Waals surface area (Å²) in [5.74, 6) is -2.22. The van der Waals surface area contributed by atoms with Crippen LogP contribution in [0.5, 0.6) is 0 Å². The van der Waals surface area contributed by atoms with Crippen molar-refractivity contribution in [2.75, 3.05) is 13.1 Å². The highest BCUT2D eigenvalue weighted by Crippen LogP contribution is 2.41. The molecule has 1 aliphatic heterocycles. The maximum Gasteiger partial charge on any atom is 0.223 e. The fourth-order valence-corrected chi connectivity index (χ4v) is 5.35. The van der Waals surface area contributed by atoms with Crippen LogP contribution in [0.15, 0.2) is 45.3 Å². The summed E-state index contributed by atoms with van der Waals surface area (Å²) < 4.78 is 29.2. The first kappa shape index (κ1) is 21.4. The first-order valence-corrected chi connectivity index (χ1v) is 10.8. The summed E-state index contributed by atoms with van der Waals surface area (Å²) in [6.45, 7) is 3.73. The summed E-state index contributed by atoms with van der Waals surface area (Å²) in [6.07, 6.45) is 1.38. The molecule has 0 aliphatic carbocycles. The van der Waals surface area contributed by atoms with E-state index in [2.05, 4.69) is 42.5 Å². The zero-order valence-electron chi connectivity index (χ0n) is 15.5. The van der Waals surface area contributed by atoms with Gasteiger partial charge in [0.05, 0.1) is 0 Å². The summed E-state index contributed by atoms with van der Waals surface area (Å²) in [6, 6.07) is 9.84. The molecule has 2 N–H and O–H groups in total. The van der Waals surface area contributed by atoms with Crippen molar-refractivity contribution in [3.05, 3.63) is 68.1 Å². The molecule has 1 atom stereocenters. The van der Waals surface area contributed by atoms with Gasteiger partial charge in [0.15, 0.2) is 11.6 Å². The smallest absolute Gasteiger partial charge is 0.223 e. The molecule has 0 spiro atoms. The third-order valence-corrected chi connectivity index (χ3v) is 6.52. The minimum absolute atomic E-state index is 0.0947. The minimum atomic E-state index is -0.873. The molecule has 1 amide bonds. The van der Waals surface area contributed by atoms with Crippen LogP contribution in [0.1, 0.15) is 30.9 Å². The van der Waals surface area contributed by atoms with E-state index in [0.29, 0.717) is 24.9 Å². The van der Waals surface area contributed by atoms with E-state index >= 15 is 0 Å². The molecule has 1 saturated heterocycles. The van der Waals surface area contributed by atoms with Gasteiger partial charge < -0.3 is 10.6 Å². The van der Waals surface area contributed by atoms with Crippen LogP contribution in [0.25, 0.3) is 0 Å². The quantitative estimate of drug-likeness (QED) is 0.584. The molecule has 0 saturated carbocycles. The molecule has 2 aromatic rings. The lowest BCUT2D eigenvalue weighted by atomic mass is 9.65. The van der Waals surface area contributed by atoms with Gasteiger partial charge in [-0.3, -0.25) is 4.79 Å². The van der Waals surface area contributed by atoms with Gasteiger partial charge in [-0.05, 0) is 67.4 Å². The molecule has 1 unspecified atom stereocenters. The third kappa shape index (κ3) is 4.63. The highest BCUT2D eigenvalue weighted by Gasteiger charge is 2.42. The summed E-state index contributed by atoms with van der Waals surface area (Å²) in [5.41, 5.74) is 1.12. The molecule has 0 radical (unpaired) electrons. The Balaban J connectivity index is 1.81. The van der Waals surface area contributed by atoms with Crippen molar-refractivity contribution in [3.63, 3.8) is 0 Å². The molecule has 1 fully saturated rings. The Morgan fingerprint density at radius 1 is 1.11 bits per heavy atom. The average molecular weight is 516 g/mol. The van der Waals surface area contributed by atoms with Gasteiger partial charge in [-0.15, -0.1) is 0 Å². The fraction of sp³-hybridized carbons (Fsp3) is 0.381. The first-order valence-electron chi connectivity index (χ1n) is 9.21. The highest BCUT2D eigenvalue weighted by molar-refractivity contribution is 9.11. The number of halogens is 4. The fourth-order valence-electron chi connectivity index (χ4n) is 3.96. The maximum absolute atomic E-state index is 13.9. The van der Waals surface area contributed by atoms with Crippen molar-refractivity contribution in [2.24, 2.45) is 5.92 Å². The second-order valence-electron chi connectivity index (χ2n) is 7.25. The molecule has 3 nitrogen and oxygen atoms in total. The van der Waals surface area contributed by atoms with Gasteiger partial charge in [0.1, 0.15) is 0 Å². The monoisotopic (exact) mass is 514 g/mol. The summed E-state index contributed by atoms with van der Waals surface area (Å²) in [7, 11) is 0. The van der Waals surface area contributed by atoms with Gasteiger partial charge in [0.25, 0.3) is 0 Å². The lowest BCUT2D eigenvalue weighted by molar-refractivity contribution is -0.127. The molecule has 1 aliphatic rings. The van der Waals surface area contributed by atoms with Crippen LogP contribution < -0.4 is 10.6 Å². The minimum Gasteiger partial charge on any atom is -0.352 e. The zero-order valence-corrected chi connectivity index (χ0v) is 18.7. The van der Waals surface area contributed by atoms with Crippen LogP contribution in [0.2, 0.25) is 0 Å². The number of hydrogen-bond acceptors (Lipinski definition) is 2. The van der Waals surface area contributed by atoms with Crippen molar-refractivity contribution >= 4 is 37.8 Å². The molecule has 7 heteroatoms. The van der Waals surface area contributed by atoms with Gasteiger partial charge in [0, 0.05) is 26.8 Å². The lowest BCUT2D eigenvalue weighted by Crippen LogP contribution is -2.49. The van der Waals surface area contributed by atoms with Gasteiger partial charge >= 0.3 is 0 Å². The van der Waals surface area contributed by atoms with Crippen molar-refractivity contribution < 1.29 is 13.6 Å². The Bertz CT molecular complexity index is 849.